The number of hydrogen-bond acceptors (Lipinski definition) is 6. The Balaban J connectivity index is 1.64. The molecule has 0 spiro atoms. The lowest BCUT2D eigenvalue weighted by Gasteiger charge is -2.05. The van der Waals surface area contributed by atoms with Gasteiger partial charge in [0.1, 0.15) is 0 Å². The topological polar surface area (TPSA) is 102 Å². The van der Waals surface area contributed by atoms with Gasteiger partial charge in [0, 0.05) is 24.2 Å². The number of nitro groups is 1. The Hall–Kier alpha value is -3.20. The van der Waals surface area contributed by atoms with Crippen LogP contribution in [0.3, 0.4) is 0 Å². The van der Waals surface area contributed by atoms with Crippen LogP contribution >= 0.6 is 11.8 Å². The van der Waals surface area contributed by atoms with E-state index in [1.807, 2.05) is 31.2 Å². The van der Waals surface area contributed by atoms with Gasteiger partial charge >= 0.3 is 0 Å². The van der Waals surface area contributed by atoms with Crippen LogP contribution in [0.25, 0.3) is 11.0 Å². The maximum Gasteiger partial charge on any atom is 0.270 e. The van der Waals surface area contributed by atoms with Gasteiger partial charge in [0.25, 0.3) is 11.6 Å². The van der Waals surface area contributed by atoms with Crippen molar-refractivity contribution in [1.29, 1.82) is 0 Å². The molecule has 1 aromatic heterocycles. The molecule has 0 bridgehead atoms. The zero-order valence-corrected chi connectivity index (χ0v) is 16.3. The van der Waals surface area contributed by atoms with Crippen molar-refractivity contribution in [3.63, 3.8) is 0 Å². The van der Waals surface area contributed by atoms with Gasteiger partial charge in [-0.25, -0.2) is 10.4 Å². The minimum absolute atomic E-state index is 0.0209. The molecular formula is C19H19N5O3S. The SMILES string of the molecule is CCn1c(SCC(=O)NN=C(C)c2cccc([N+](=O)[O-])c2)nc2ccccc21. The summed E-state index contributed by atoms with van der Waals surface area (Å²) in [6.45, 7) is 4.47. The van der Waals surface area contributed by atoms with E-state index in [4.69, 9.17) is 0 Å². The molecule has 28 heavy (non-hydrogen) atoms. The Kier molecular flexibility index (Phi) is 6.05. The van der Waals surface area contributed by atoms with Gasteiger partial charge in [0.05, 0.1) is 27.4 Å². The normalized spacial score (nSPS) is 11.6. The van der Waals surface area contributed by atoms with E-state index in [1.54, 1.807) is 19.1 Å². The Morgan fingerprint density at radius 3 is 2.82 bits per heavy atom. The van der Waals surface area contributed by atoms with Crippen molar-refractivity contribution < 1.29 is 9.72 Å². The fourth-order valence-electron chi connectivity index (χ4n) is 2.69. The first-order valence-corrected chi connectivity index (χ1v) is 9.64. The number of aromatic nitrogens is 2. The number of nitrogens with zero attached hydrogens (tertiary/aromatic N) is 4. The van der Waals surface area contributed by atoms with Crippen molar-refractivity contribution in [2.75, 3.05) is 5.75 Å². The minimum Gasteiger partial charge on any atom is -0.319 e. The molecule has 0 unspecified atom stereocenters. The maximum absolute atomic E-state index is 12.2. The first-order valence-electron chi connectivity index (χ1n) is 8.65. The van der Waals surface area contributed by atoms with Crippen LogP contribution in [-0.4, -0.2) is 31.8 Å². The van der Waals surface area contributed by atoms with Crippen LogP contribution in [0.4, 0.5) is 5.69 Å². The predicted molar refractivity (Wildman–Crippen MR) is 110 cm³/mol. The molecule has 0 fully saturated rings. The van der Waals surface area contributed by atoms with Crippen LogP contribution in [0, 0.1) is 10.1 Å². The zero-order chi connectivity index (χ0) is 20.1. The van der Waals surface area contributed by atoms with Gasteiger partial charge in [0.15, 0.2) is 5.16 Å². The molecule has 144 valence electrons. The zero-order valence-electron chi connectivity index (χ0n) is 15.5. The summed E-state index contributed by atoms with van der Waals surface area (Å²) in [4.78, 5) is 27.1. The molecule has 3 rings (SSSR count). The molecule has 1 N–H and O–H groups in total. The Morgan fingerprint density at radius 1 is 1.29 bits per heavy atom. The first-order chi connectivity index (χ1) is 13.5. The first kappa shape index (κ1) is 19.6. The highest BCUT2D eigenvalue weighted by Gasteiger charge is 2.12. The molecule has 0 saturated heterocycles. The lowest BCUT2D eigenvalue weighted by atomic mass is 10.1. The summed E-state index contributed by atoms with van der Waals surface area (Å²) in [7, 11) is 0. The van der Waals surface area contributed by atoms with Gasteiger partial charge in [-0.3, -0.25) is 14.9 Å². The largest absolute Gasteiger partial charge is 0.319 e. The van der Waals surface area contributed by atoms with Gasteiger partial charge in [-0.05, 0) is 26.0 Å². The Bertz CT molecular complexity index is 1060. The molecule has 0 aliphatic carbocycles. The van der Waals surface area contributed by atoms with E-state index in [9.17, 15) is 14.9 Å². The van der Waals surface area contributed by atoms with E-state index in [-0.39, 0.29) is 17.3 Å². The maximum atomic E-state index is 12.2. The van der Waals surface area contributed by atoms with Crippen LogP contribution in [0.5, 0.6) is 0 Å². The second-order valence-corrected chi connectivity index (χ2v) is 6.90. The Morgan fingerprint density at radius 2 is 2.07 bits per heavy atom. The number of nitro benzene ring substituents is 1. The number of hydrogen-bond donors (Lipinski definition) is 1. The number of non-ortho nitro benzene ring substituents is 1. The Labute approximate surface area is 165 Å². The fraction of sp³-hybridized carbons (Fsp3) is 0.211. The highest BCUT2D eigenvalue weighted by molar-refractivity contribution is 7.99. The molecule has 8 nitrogen and oxygen atoms in total. The van der Waals surface area contributed by atoms with Crippen LogP contribution in [0.2, 0.25) is 0 Å². The van der Waals surface area contributed by atoms with Crippen molar-refractivity contribution >= 4 is 40.1 Å². The lowest BCUT2D eigenvalue weighted by molar-refractivity contribution is -0.384. The summed E-state index contributed by atoms with van der Waals surface area (Å²) in [5.74, 6) is -0.112. The van der Waals surface area contributed by atoms with Crippen LogP contribution in [0.15, 0.2) is 58.8 Å². The standard InChI is InChI=1S/C19H19N5O3S/c1-3-23-17-10-5-4-9-16(17)20-19(23)28-12-18(25)22-21-13(2)14-7-6-8-15(11-14)24(26)27/h4-11H,3,12H2,1-2H3,(H,22,25). The molecule has 1 heterocycles. The molecule has 9 heteroatoms. The minimum atomic E-state index is -0.466. The second kappa shape index (κ2) is 8.66. The van der Waals surface area contributed by atoms with Crippen molar-refractivity contribution in [3.05, 3.63) is 64.2 Å². The van der Waals surface area contributed by atoms with Gasteiger partial charge in [-0.2, -0.15) is 5.10 Å². The van der Waals surface area contributed by atoms with E-state index in [1.165, 1.54) is 23.9 Å². The highest BCUT2D eigenvalue weighted by Crippen LogP contribution is 2.23. The molecule has 0 aliphatic heterocycles. The number of carbonyl (C=O) groups is 1. The number of fused-ring (bicyclic) bond motifs is 1. The summed E-state index contributed by atoms with van der Waals surface area (Å²) in [6.07, 6.45) is 0. The number of aryl methyl sites for hydroxylation is 1. The van der Waals surface area contributed by atoms with Crippen LogP contribution in [0.1, 0.15) is 19.4 Å². The van der Waals surface area contributed by atoms with E-state index in [0.29, 0.717) is 11.3 Å². The fourth-order valence-corrected chi connectivity index (χ4v) is 3.56. The van der Waals surface area contributed by atoms with Crippen molar-refractivity contribution in [2.45, 2.75) is 25.5 Å². The number of imidazole rings is 1. The van der Waals surface area contributed by atoms with Gasteiger partial charge < -0.3 is 4.57 Å². The quantitative estimate of drug-likeness (QED) is 0.284. The molecule has 0 saturated carbocycles. The monoisotopic (exact) mass is 397 g/mol. The van der Waals surface area contributed by atoms with Gasteiger partial charge in [-0.1, -0.05) is 36.0 Å². The van der Waals surface area contributed by atoms with Crippen LogP contribution < -0.4 is 5.43 Å². The number of hydrazone groups is 1. The molecule has 0 aliphatic rings. The number of amides is 1. The molecule has 0 radical (unpaired) electrons. The molecule has 1 amide bonds. The van der Waals surface area contributed by atoms with Gasteiger partial charge in [0.2, 0.25) is 0 Å². The number of carbonyl (C=O) groups excluding carboxylic acids is 1. The summed E-state index contributed by atoms with van der Waals surface area (Å²) in [5, 5.41) is 15.7. The van der Waals surface area contributed by atoms with Crippen molar-refractivity contribution in [2.24, 2.45) is 5.10 Å². The van der Waals surface area contributed by atoms with Crippen molar-refractivity contribution in [3.8, 4) is 0 Å². The third-order valence-corrected chi connectivity index (χ3v) is 5.07. The average molecular weight is 397 g/mol. The van der Waals surface area contributed by atoms with E-state index in [0.717, 1.165) is 22.7 Å². The summed E-state index contributed by atoms with van der Waals surface area (Å²) in [5.41, 5.74) is 5.47. The number of para-hydroxylation sites is 2. The second-order valence-electron chi connectivity index (χ2n) is 5.96. The molecule has 2 aromatic carbocycles. The van der Waals surface area contributed by atoms with Crippen LogP contribution in [-0.2, 0) is 11.3 Å². The summed E-state index contributed by atoms with van der Waals surface area (Å²) >= 11 is 1.34. The van der Waals surface area contributed by atoms with Gasteiger partial charge in [-0.15, -0.1) is 0 Å². The number of nitrogens with one attached hydrogen (secondary N) is 1. The van der Waals surface area contributed by atoms with E-state index < -0.39 is 4.92 Å². The third kappa shape index (κ3) is 4.37. The smallest absolute Gasteiger partial charge is 0.270 e. The number of benzene rings is 2. The van der Waals surface area contributed by atoms with E-state index >= 15 is 0 Å². The number of thioether (sulfide) groups is 1. The van der Waals surface area contributed by atoms with E-state index in [2.05, 4.69) is 20.1 Å². The lowest BCUT2D eigenvalue weighted by Crippen LogP contribution is -2.21. The summed E-state index contributed by atoms with van der Waals surface area (Å²) < 4.78 is 2.06. The average Bonchev–Trinajstić information content (AvgIpc) is 3.08. The predicted octanol–water partition coefficient (Wildman–Crippen LogP) is 3.60. The molecular weight excluding hydrogens is 378 g/mol. The highest BCUT2D eigenvalue weighted by atomic mass is 32.2. The summed E-state index contributed by atoms with van der Waals surface area (Å²) in [6, 6.07) is 14.0. The third-order valence-electron chi connectivity index (χ3n) is 4.09. The number of rotatable bonds is 7. The van der Waals surface area contributed by atoms with Crippen molar-refractivity contribution in [1.82, 2.24) is 15.0 Å². The molecule has 3 aromatic rings. The molecule has 0 atom stereocenters.